The number of amides is 1. The second kappa shape index (κ2) is 7.69. The van der Waals surface area contributed by atoms with Gasteiger partial charge in [0, 0.05) is 19.7 Å². The number of halogens is 3. The fourth-order valence-corrected chi connectivity index (χ4v) is 4.86. The molecule has 0 unspecified atom stereocenters. The highest BCUT2D eigenvalue weighted by Gasteiger charge is 2.21. The number of hydrogen-bond donors (Lipinski definition) is 1. The molecule has 27 heavy (non-hydrogen) atoms. The molecule has 1 aromatic carbocycles. The molecular formula is C19H17BrF2N2O2S. The van der Waals surface area contributed by atoms with Gasteiger partial charge < -0.3 is 14.6 Å². The molecule has 0 radical (unpaired) electrons. The number of hydrogen-bond acceptors (Lipinski definition) is 3. The monoisotopic (exact) mass is 454 g/mol. The predicted molar refractivity (Wildman–Crippen MR) is 104 cm³/mol. The van der Waals surface area contributed by atoms with Gasteiger partial charge in [-0.05, 0) is 58.6 Å². The van der Waals surface area contributed by atoms with Gasteiger partial charge in [-0.2, -0.15) is 0 Å². The van der Waals surface area contributed by atoms with Crippen LogP contribution in [0.25, 0.3) is 10.2 Å². The highest BCUT2D eigenvalue weighted by Crippen LogP contribution is 2.33. The van der Waals surface area contributed by atoms with E-state index in [1.807, 2.05) is 16.7 Å². The Morgan fingerprint density at radius 2 is 2.15 bits per heavy atom. The Morgan fingerprint density at radius 3 is 2.89 bits per heavy atom. The Balaban J connectivity index is 1.63. The lowest BCUT2D eigenvalue weighted by Gasteiger charge is -2.13. The van der Waals surface area contributed by atoms with Gasteiger partial charge in [0.1, 0.15) is 5.69 Å². The summed E-state index contributed by atoms with van der Waals surface area (Å²) < 4.78 is 36.1. The van der Waals surface area contributed by atoms with E-state index in [1.165, 1.54) is 17.4 Å². The lowest BCUT2D eigenvalue weighted by molar-refractivity contribution is 0.0851. The van der Waals surface area contributed by atoms with Crippen molar-refractivity contribution in [3.63, 3.8) is 0 Å². The molecule has 1 atom stereocenters. The van der Waals surface area contributed by atoms with Crippen LogP contribution in [-0.2, 0) is 11.3 Å². The average molecular weight is 455 g/mol. The van der Waals surface area contributed by atoms with E-state index in [0.717, 1.165) is 45.6 Å². The zero-order valence-corrected chi connectivity index (χ0v) is 16.7. The third-order valence-corrected chi connectivity index (χ3v) is 6.21. The first-order chi connectivity index (χ1) is 13.0. The molecule has 1 amide bonds. The van der Waals surface area contributed by atoms with E-state index < -0.39 is 11.6 Å². The van der Waals surface area contributed by atoms with Crippen LogP contribution in [0.4, 0.5) is 8.78 Å². The maximum absolute atomic E-state index is 13.6. The maximum atomic E-state index is 13.6. The van der Waals surface area contributed by atoms with Gasteiger partial charge in [-0.25, -0.2) is 8.78 Å². The smallest absolute Gasteiger partial charge is 0.268 e. The third-order valence-electron chi connectivity index (χ3n) is 4.63. The van der Waals surface area contributed by atoms with Gasteiger partial charge in [-0.15, -0.1) is 11.3 Å². The number of thiophene rings is 1. The van der Waals surface area contributed by atoms with Crippen molar-refractivity contribution in [2.75, 3.05) is 13.2 Å². The largest absolute Gasteiger partial charge is 0.376 e. The molecule has 4 nitrogen and oxygen atoms in total. The summed E-state index contributed by atoms with van der Waals surface area (Å²) in [5.41, 5.74) is 1.95. The van der Waals surface area contributed by atoms with Crippen molar-refractivity contribution in [2.24, 2.45) is 0 Å². The summed E-state index contributed by atoms with van der Waals surface area (Å²) >= 11 is 4.98. The van der Waals surface area contributed by atoms with Crippen LogP contribution in [-0.4, -0.2) is 29.7 Å². The van der Waals surface area contributed by atoms with Crippen molar-refractivity contribution in [1.29, 1.82) is 0 Å². The zero-order chi connectivity index (χ0) is 19.0. The minimum atomic E-state index is -0.896. The molecule has 1 aliphatic heterocycles. The first-order valence-electron chi connectivity index (χ1n) is 8.63. The molecule has 0 aliphatic carbocycles. The minimum absolute atomic E-state index is 0.0545. The molecule has 142 valence electrons. The summed E-state index contributed by atoms with van der Waals surface area (Å²) in [4.78, 5) is 12.8. The van der Waals surface area contributed by atoms with Gasteiger partial charge in [0.05, 0.1) is 20.1 Å². The fourth-order valence-electron chi connectivity index (χ4n) is 3.29. The van der Waals surface area contributed by atoms with Gasteiger partial charge in [0.2, 0.25) is 0 Å². The molecule has 1 aliphatic rings. The van der Waals surface area contributed by atoms with E-state index in [1.54, 1.807) is 0 Å². The van der Waals surface area contributed by atoms with Crippen molar-refractivity contribution in [3.05, 3.63) is 57.0 Å². The van der Waals surface area contributed by atoms with E-state index in [2.05, 4.69) is 21.2 Å². The van der Waals surface area contributed by atoms with Crippen molar-refractivity contribution in [1.82, 2.24) is 9.88 Å². The Morgan fingerprint density at radius 1 is 1.30 bits per heavy atom. The van der Waals surface area contributed by atoms with Gasteiger partial charge in [0.25, 0.3) is 5.91 Å². The third kappa shape index (κ3) is 3.93. The molecule has 4 rings (SSSR count). The second-order valence-electron chi connectivity index (χ2n) is 6.51. The van der Waals surface area contributed by atoms with Crippen LogP contribution in [0.15, 0.2) is 34.1 Å². The Bertz CT molecular complexity index is 995. The first-order valence-corrected chi connectivity index (χ1v) is 10.2. The quantitative estimate of drug-likeness (QED) is 0.606. The number of ether oxygens (including phenoxy) is 1. The summed E-state index contributed by atoms with van der Waals surface area (Å²) in [6, 6.07) is 7.55. The van der Waals surface area contributed by atoms with Crippen LogP contribution in [0.5, 0.6) is 0 Å². The number of benzene rings is 1. The lowest BCUT2D eigenvalue weighted by atomic mass is 10.2. The first kappa shape index (κ1) is 18.6. The topological polar surface area (TPSA) is 43.3 Å². The van der Waals surface area contributed by atoms with Gasteiger partial charge in [-0.1, -0.05) is 6.07 Å². The van der Waals surface area contributed by atoms with Gasteiger partial charge in [0.15, 0.2) is 11.6 Å². The van der Waals surface area contributed by atoms with E-state index in [4.69, 9.17) is 4.74 Å². The Kier molecular flexibility index (Phi) is 5.29. The van der Waals surface area contributed by atoms with Crippen LogP contribution in [0.3, 0.4) is 0 Å². The number of fused-ring (bicyclic) bond motifs is 1. The Labute approximate surface area is 167 Å². The SMILES string of the molecule is O=C(NC[C@@H]1CCCO1)c1cc2sc(Br)cc2n1Cc1ccc(F)c(F)c1. The highest BCUT2D eigenvalue weighted by atomic mass is 79.9. The molecular weight excluding hydrogens is 438 g/mol. The van der Waals surface area contributed by atoms with E-state index in [-0.39, 0.29) is 18.6 Å². The molecule has 1 N–H and O–H groups in total. The van der Waals surface area contributed by atoms with Crippen molar-refractivity contribution in [2.45, 2.75) is 25.5 Å². The van der Waals surface area contributed by atoms with Crippen LogP contribution in [0.2, 0.25) is 0 Å². The van der Waals surface area contributed by atoms with Crippen LogP contribution < -0.4 is 5.32 Å². The number of carbonyl (C=O) groups excluding carboxylic acids is 1. The van der Waals surface area contributed by atoms with E-state index in [9.17, 15) is 13.6 Å². The van der Waals surface area contributed by atoms with Crippen molar-refractivity contribution < 1.29 is 18.3 Å². The summed E-state index contributed by atoms with van der Waals surface area (Å²) in [5.74, 6) is -1.98. The summed E-state index contributed by atoms with van der Waals surface area (Å²) in [7, 11) is 0. The summed E-state index contributed by atoms with van der Waals surface area (Å²) in [6.07, 6.45) is 2.01. The number of nitrogens with zero attached hydrogens (tertiary/aromatic N) is 1. The number of rotatable bonds is 5. The lowest BCUT2D eigenvalue weighted by Crippen LogP contribution is -2.33. The molecule has 0 spiro atoms. The molecule has 0 bridgehead atoms. The number of carbonyl (C=O) groups is 1. The van der Waals surface area contributed by atoms with Gasteiger partial charge >= 0.3 is 0 Å². The van der Waals surface area contributed by atoms with E-state index in [0.29, 0.717) is 17.8 Å². The average Bonchev–Trinajstić information content (AvgIpc) is 3.34. The minimum Gasteiger partial charge on any atom is -0.376 e. The van der Waals surface area contributed by atoms with Crippen LogP contribution in [0.1, 0.15) is 28.9 Å². The standard InChI is InChI=1S/C19H17BrF2N2O2S/c20-18-8-15-17(27-18)7-16(19(25)23-9-12-2-1-5-26-12)24(15)10-11-3-4-13(21)14(22)6-11/h3-4,6-8,12H,1-2,5,9-10H2,(H,23,25)/t12-/m0/s1. The molecule has 3 aromatic rings. The van der Waals surface area contributed by atoms with Crippen molar-refractivity contribution in [3.8, 4) is 0 Å². The maximum Gasteiger partial charge on any atom is 0.268 e. The fraction of sp³-hybridized carbons (Fsp3) is 0.316. The van der Waals surface area contributed by atoms with Crippen molar-refractivity contribution >= 4 is 43.4 Å². The zero-order valence-electron chi connectivity index (χ0n) is 14.3. The molecule has 1 saturated heterocycles. The predicted octanol–water partition coefficient (Wildman–Crippen LogP) is 4.70. The molecule has 0 saturated carbocycles. The van der Waals surface area contributed by atoms with E-state index >= 15 is 0 Å². The molecule has 1 fully saturated rings. The molecule has 8 heteroatoms. The summed E-state index contributed by atoms with van der Waals surface area (Å²) in [5, 5.41) is 2.93. The number of nitrogens with one attached hydrogen (secondary N) is 1. The molecule has 2 aromatic heterocycles. The summed E-state index contributed by atoms with van der Waals surface area (Å²) in [6.45, 7) is 1.47. The molecule has 3 heterocycles. The second-order valence-corrected chi connectivity index (χ2v) is 8.97. The van der Waals surface area contributed by atoms with Gasteiger partial charge in [-0.3, -0.25) is 4.79 Å². The highest BCUT2D eigenvalue weighted by molar-refractivity contribution is 9.11. The van der Waals surface area contributed by atoms with Crippen LogP contribution >= 0.6 is 27.3 Å². The number of aromatic nitrogens is 1. The van der Waals surface area contributed by atoms with Crippen LogP contribution in [0, 0.1) is 11.6 Å². The normalized spacial score (nSPS) is 16.9. The Hall–Kier alpha value is -1.77.